The first kappa shape index (κ1) is 20.2. The Morgan fingerprint density at radius 2 is 1.71 bits per heavy atom. The molecule has 0 spiro atoms. The van der Waals surface area contributed by atoms with Gasteiger partial charge in [-0.2, -0.15) is 0 Å². The third-order valence-corrected chi connectivity index (χ3v) is 5.63. The van der Waals surface area contributed by atoms with E-state index in [1.54, 1.807) is 12.1 Å². The first-order chi connectivity index (χ1) is 15.0. The van der Waals surface area contributed by atoms with Crippen molar-refractivity contribution < 1.29 is 19.2 Å². The van der Waals surface area contributed by atoms with Gasteiger partial charge in [-0.15, -0.1) is 11.3 Å². The molecule has 31 heavy (non-hydrogen) atoms. The molecule has 0 saturated heterocycles. The van der Waals surface area contributed by atoms with Crippen LogP contribution in [-0.4, -0.2) is 23.4 Å². The molecule has 4 rings (SSSR count). The third kappa shape index (κ3) is 4.59. The molecule has 1 amide bonds. The predicted molar refractivity (Wildman–Crippen MR) is 119 cm³/mol. The minimum atomic E-state index is -0.657. The molecule has 154 valence electrons. The van der Waals surface area contributed by atoms with Crippen LogP contribution in [0.1, 0.15) is 9.67 Å². The van der Waals surface area contributed by atoms with Crippen LogP contribution in [0.3, 0.4) is 0 Å². The summed E-state index contributed by atoms with van der Waals surface area (Å²) in [6.07, 6.45) is 0. The Morgan fingerprint density at radius 3 is 2.48 bits per heavy atom. The molecule has 8 heteroatoms. The Labute approximate surface area is 181 Å². The van der Waals surface area contributed by atoms with E-state index in [4.69, 9.17) is 4.74 Å². The van der Waals surface area contributed by atoms with Gasteiger partial charge < -0.3 is 10.1 Å². The van der Waals surface area contributed by atoms with Crippen molar-refractivity contribution in [3.05, 3.63) is 93.9 Å². The number of para-hydroxylation sites is 1. The van der Waals surface area contributed by atoms with E-state index in [2.05, 4.69) is 5.32 Å². The molecule has 1 N–H and O–H groups in total. The van der Waals surface area contributed by atoms with Gasteiger partial charge in [0.2, 0.25) is 0 Å². The number of nitrogens with zero attached hydrogens (tertiary/aromatic N) is 1. The van der Waals surface area contributed by atoms with E-state index in [1.807, 2.05) is 48.5 Å². The molecule has 0 bridgehead atoms. The molecule has 0 radical (unpaired) electrons. The number of rotatable bonds is 6. The number of fused-ring (bicyclic) bond motifs is 1. The number of nitro benzene ring substituents is 1. The Kier molecular flexibility index (Phi) is 5.72. The van der Waals surface area contributed by atoms with E-state index in [0.29, 0.717) is 11.1 Å². The molecule has 0 unspecified atom stereocenters. The topological polar surface area (TPSA) is 98.5 Å². The average molecular weight is 432 g/mol. The molecule has 0 saturated carbocycles. The summed E-state index contributed by atoms with van der Waals surface area (Å²) in [7, 11) is 0. The number of carbonyl (C=O) groups is 2. The number of non-ortho nitro benzene ring substituents is 1. The van der Waals surface area contributed by atoms with Crippen molar-refractivity contribution in [2.75, 3.05) is 11.9 Å². The van der Waals surface area contributed by atoms with Crippen molar-refractivity contribution in [3.8, 4) is 11.1 Å². The van der Waals surface area contributed by atoms with Gasteiger partial charge in [0.1, 0.15) is 4.88 Å². The zero-order valence-corrected chi connectivity index (χ0v) is 16.9. The number of benzene rings is 3. The Morgan fingerprint density at radius 1 is 0.968 bits per heavy atom. The number of esters is 1. The van der Waals surface area contributed by atoms with Crippen molar-refractivity contribution >= 4 is 44.7 Å². The van der Waals surface area contributed by atoms with Crippen LogP contribution in [0.25, 0.3) is 21.2 Å². The minimum Gasteiger partial charge on any atom is -0.451 e. The van der Waals surface area contributed by atoms with Crippen LogP contribution in [-0.2, 0) is 9.53 Å². The molecule has 0 atom stereocenters. The fraction of sp³-hybridized carbons (Fsp3) is 0.0435. The molecule has 7 nitrogen and oxygen atoms in total. The van der Waals surface area contributed by atoms with Gasteiger partial charge in [-0.3, -0.25) is 14.9 Å². The fourth-order valence-corrected chi connectivity index (χ4v) is 4.03. The minimum absolute atomic E-state index is 0.0540. The van der Waals surface area contributed by atoms with Crippen LogP contribution < -0.4 is 5.32 Å². The van der Waals surface area contributed by atoms with Crippen LogP contribution in [0, 0.1) is 10.1 Å². The standard InChI is InChI=1S/C23H16N2O5S/c26-22(24-19-9-5-4-8-18(19)15-6-2-1-3-7-15)14-30-23(27)21-13-16-12-17(25(28)29)10-11-20(16)31-21/h1-13H,14H2,(H,24,26). The number of anilines is 1. The van der Waals surface area contributed by atoms with E-state index >= 15 is 0 Å². The van der Waals surface area contributed by atoms with E-state index in [-0.39, 0.29) is 10.6 Å². The number of carbonyl (C=O) groups excluding carboxylic acids is 2. The average Bonchev–Trinajstić information content (AvgIpc) is 3.22. The van der Waals surface area contributed by atoms with Crippen molar-refractivity contribution in [2.24, 2.45) is 0 Å². The van der Waals surface area contributed by atoms with Crippen LogP contribution in [0.2, 0.25) is 0 Å². The van der Waals surface area contributed by atoms with Crippen LogP contribution >= 0.6 is 11.3 Å². The van der Waals surface area contributed by atoms with Gasteiger partial charge in [-0.05, 0) is 23.8 Å². The van der Waals surface area contributed by atoms with Crippen LogP contribution in [0.4, 0.5) is 11.4 Å². The zero-order valence-electron chi connectivity index (χ0n) is 16.1. The molecule has 1 aromatic heterocycles. The summed E-state index contributed by atoms with van der Waals surface area (Å²) in [4.78, 5) is 35.4. The van der Waals surface area contributed by atoms with Crippen molar-refractivity contribution in [2.45, 2.75) is 0 Å². The summed E-state index contributed by atoms with van der Waals surface area (Å²) >= 11 is 1.15. The number of amides is 1. The maximum absolute atomic E-state index is 12.4. The molecular formula is C23H16N2O5S. The summed E-state index contributed by atoms with van der Waals surface area (Å²) < 4.78 is 5.86. The maximum atomic E-state index is 12.4. The maximum Gasteiger partial charge on any atom is 0.348 e. The molecule has 0 aliphatic carbocycles. The molecule has 0 aliphatic heterocycles. The van der Waals surface area contributed by atoms with Crippen LogP contribution in [0.5, 0.6) is 0 Å². The number of ether oxygens (including phenoxy) is 1. The zero-order chi connectivity index (χ0) is 21.8. The fourth-order valence-electron chi connectivity index (χ4n) is 3.09. The molecule has 0 fully saturated rings. The monoisotopic (exact) mass is 432 g/mol. The highest BCUT2D eigenvalue weighted by Crippen LogP contribution is 2.30. The molecular weight excluding hydrogens is 416 g/mol. The lowest BCUT2D eigenvalue weighted by atomic mass is 10.0. The third-order valence-electron chi connectivity index (χ3n) is 4.53. The smallest absolute Gasteiger partial charge is 0.348 e. The van der Waals surface area contributed by atoms with Gasteiger partial charge in [0.05, 0.1) is 4.92 Å². The lowest BCUT2D eigenvalue weighted by Gasteiger charge is -2.11. The number of hydrogen-bond donors (Lipinski definition) is 1. The highest BCUT2D eigenvalue weighted by Gasteiger charge is 2.16. The molecule has 4 aromatic rings. The SMILES string of the molecule is O=C(COC(=O)c1cc2cc([N+](=O)[O-])ccc2s1)Nc1ccccc1-c1ccccc1. The van der Waals surface area contributed by atoms with Gasteiger partial charge in [-0.1, -0.05) is 48.5 Å². The lowest BCUT2D eigenvalue weighted by molar-refractivity contribution is -0.384. The summed E-state index contributed by atoms with van der Waals surface area (Å²) in [6, 6.07) is 22.9. The summed E-state index contributed by atoms with van der Waals surface area (Å²) in [5.74, 6) is -1.12. The van der Waals surface area contributed by atoms with Gasteiger partial charge in [0, 0.05) is 33.5 Å². The number of nitrogens with one attached hydrogen (secondary N) is 1. The van der Waals surface area contributed by atoms with Gasteiger partial charge in [0.25, 0.3) is 11.6 Å². The van der Waals surface area contributed by atoms with Crippen molar-refractivity contribution in [1.29, 1.82) is 0 Å². The molecule has 1 heterocycles. The predicted octanol–water partition coefficient (Wildman–Crippen LogP) is 5.27. The van der Waals surface area contributed by atoms with Crippen LogP contribution in [0.15, 0.2) is 78.9 Å². The number of thiophene rings is 1. The second kappa shape index (κ2) is 8.76. The number of nitro groups is 1. The van der Waals surface area contributed by atoms with Gasteiger partial charge >= 0.3 is 5.97 Å². The Bertz CT molecular complexity index is 1280. The van der Waals surface area contributed by atoms with E-state index in [9.17, 15) is 19.7 Å². The largest absolute Gasteiger partial charge is 0.451 e. The van der Waals surface area contributed by atoms with Crippen molar-refractivity contribution in [3.63, 3.8) is 0 Å². The quantitative estimate of drug-likeness (QED) is 0.254. The number of hydrogen-bond acceptors (Lipinski definition) is 6. The summed E-state index contributed by atoms with van der Waals surface area (Å²) in [6.45, 7) is -0.448. The normalized spacial score (nSPS) is 10.6. The van der Waals surface area contributed by atoms with Gasteiger partial charge in [-0.25, -0.2) is 4.79 Å². The highest BCUT2D eigenvalue weighted by molar-refractivity contribution is 7.20. The highest BCUT2D eigenvalue weighted by atomic mass is 32.1. The first-order valence-corrected chi connectivity index (χ1v) is 10.1. The second-order valence-electron chi connectivity index (χ2n) is 6.63. The van der Waals surface area contributed by atoms with E-state index in [1.165, 1.54) is 18.2 Å². The Hall–Kier alpha value is -4.04. The lowest BCUT2D eigenvalue weighted by Crippen LogP contribution is -2.20. The molecule has 0 aliphatic rings. The van der Waals surface area contributed by atoms with Gasteiger partial charge in [0.15, 0.2) is 6.61 Å². The molecule has 3 aromatic carbocycles. The van der Waals surface area contributed by atoms with E-state index < -0.39 is 23.4 Å². The summed E-state index contributed by atoms with van der Waals surface area (Å²) in [5, 5.41) is 14.3. The summed E-state index contributed by atoms with van der Waals surface area (Å²) in [5.41, 5.74) is 2.37. The first-order valence-electron chi connectivity index (χ1n) is 9.31. The van der Waals surface area contributed by atoms with Crippen molar-refractivity contribution in [1.82, 2.24) is 0 Å². The Balaban J connectivity index is 1.42. The second-order valence-corrected chi connectivity index (χ2v) is 7.71. The van der Waals surface area contributed by atoms with E-state index in [0.717, 1.165) is 27.2 Å².